The summed E-state index contributed by atoms with van der Waals surface area (Å²) in [4.78, 5) is 18.6. The van der Waals surface area contributed by atoms with E-state index in [9.17, 15) is 4.79 Å². The lowest BCUT2D eigenvalue weighted by Crippen LogP contribution is -2.32. The monoisotopic (exact) mass is 286 g/mol. The first-order valence-electron chi connectivity index (χ1n) is 6.78. The fourth-order valence-electron chi connectivity index (χ4n) is 2.57. The van der Waals surface area contributed by atoms with Crippen molar-refractivity contribution in [3.05, 3.63) is 58.9 Å². The Morgan fingerprint density at radius 3 is 2.80 bits per heavy atom. The molecule has 4 heteroatoms. The van der Waals surface area contributed by atoms with Gasteiger partial charge in [-0.1, -0.05) is 35.9 Å². The molecule has 3 rings (SSSR count). The molecule has 2 heterocycles. The highest BCUT2D eigenvalue weighted by atomic mass is 35.5. The van der Waals surface area contributed by atoms with Crippen molar-refractivity contribution in [3.63, 3.8) is 0 Å². The van der Waals surface area contributed by atoms with Gasteiger partial charge in [0.05, 0.1) is 0 Å². The number of halogens is 1. The molecule has 0 saturated carbocycles. The van der Waals surface area contributed by atoms with E-state index >= 15 is 0 Å². The first-order chi connectivity index (χ1) is 9.75. The summed E-state index contributed by atoms with van der Waals surface area (Å²) < 4.78 is 0. The molecule has 3 nitrogen and oxygen atoms in total. The van der Waals surface area contributed by atoms with Crippen molar-refractivity contribution in [2.45, 2.75) is 19.3 Å². The second-order valence-electron chi connectivity index (χ2n) is 4.89. The Balaban J connectivity index is 1.99. The van der Waals surface area contributed by atoms with Gasteiger partial charge in [0, 0.05) is 12.2 Å². The first-order valence-corrected chi connectivity index (χ1v) is 7.16. The average Bonchev–Trinajstić information content (AvgIpc) is 2.69. The number of anilines is 1. The van der Waals surface area contributed by atoms with Crippen LogP contribution in [0.1, 0.15) is 28.9 Å². The van der Waals surface area contributed by atoms with Crippen LogP contribution in [0.15, 0.2) is 42.5 Å². The third-order valence-electron chi connectivity index (χ3n) is 3.54. The maximum Gasteiger partial charge on any atom is 0.276 e. The minimum atomic E-state index is -0.0816. The van der Waals surface area contributed by atoms with Crippen LogP contribution in [0.25, 0.3) is 0 Å². The summed E-state index contributed by atoms with van der Waals surface area (Å²) >= 11 is 5.88. The third kappa shape index (κ3) is 2.54. The van der Waals surface area contributed by atoms with E-state index in [2.05, 4.69) is 11.1 Å². The van der Waals surface area contributed by atoms with Gasteiger partial charge in [0.15, 0.2) is 0 Å². The number of hydrogen-bond donors (Lipinski definition) is 0. The van der Waals surface area contributed by atoms with Gasteiger partial charge in [0.2, 0.25) is 0 Å². The maximum absolute atomic E-state index is 12.7. The van der Waals surface area contributed by atoms with E-state index in [0.29, 0.717) is 10.8 Å². The Bertz CT molecular complexity index is 642. The van der Waals surface area contributed by atoms with Gasteiger partial charge in [0.1, 0.15) is 10.8 Å². The summed E-state index contributed by atoms with van der Waals surface area (Å²) in [5.74, 6) is -0.0816. The molecule has 0 atom stereocenters. The number of carbonyl (C=O) groups is 1. The van der Waals surface area contributed by atoms with Crippen LogP contribution in [0.5, 0.6) is 0 Å². The molecule has 0 fully saturated rings. The van der Waals surface area contributed by atoms with E-state index in [1.165, 1.54) is 5.56 Å². The maximum atomic E-state index is 12.7. The van der Waals surface area contributed by atoms with Crippen LogP contribution >= 0.6 is 11.6 Å². The molecule has 1 aliphatic heterocycles. The van der Waals surface area contributed by atoms with Crippen LogP contribution < -0.4 is 4.90 Å². The lowest BCUT2D eigenvalue weighted by Gasteiger charge is -2.22. The minimum absolute atomic E-state index is 0.0816. The Morgan fingerprint density at radius 1 is 1.10 bits per heavy atom. The van der Waals surface area contributed by atoms with Gasteiger partial charge in [0.25, 0.3) is 5.91 Å². The van der Waals surface area contributed by atoms with Gasteiger partial charge in [-0.15, -0.1) is 0 Å². The predicted molar refractivity (Wildman–Crippen MR) is 80.3 cm³/mol. The van der Waals surface area contributed by atoms with Gasteiger partial charge >= 0.3 is 0 Å². The number of nitrogens with zero attached hydrogens (tertiary/aromatic N) is 2. The summed E-state index contributed by atoms with van der Waals surface area (Å²) in [5, 5.41) is 0.346. The first kappa shape index (κ1) is 13.1. The van der Waals surface area contributed by atoms with Crippen molar-refractivity contribution in [2.75, 3.05) is 11.4 Å². The Morgan fingerprint density at radius 2 is 1.95 bits per heavy atom. The Kier molecular flexibility index (Phi) is 3.70. The molecule has 102 valence electrons. The highest BCUT2D eigenvalue weighted by Gasteiger charge is 2.22. The molecule has 2 aromatic rings. The molecule has 0 radical (unpaired) electrons. The standard InChI is InChI=1S/C16H15ClN2O/c17-15-10-5-8-13(18-15)16(20)19-11-4-3-7-12-6-1-2-9-14(12)19/h1-2,5-6,8-10H,3-4,7,11H2. The second-order valence-corrected chi connectivity index (χ2v) is 5.28. The van der Waals surface area contributed by atoms with E-state index in [0.717, 1.165) is 31.5 Å². The molecule has 1 aromatic carbocycles. The quantitative estimate of drug-likeness (QED) is 0.749. The lowest BCUT2D eigenvalue weighted by atomic mass is 10.1. The van der Waals surface area contributed by atoms with E-state index in [4.69, 9.17) is 11.6 Å². The van der Waals surface area contributed by atoms with Crippen LogP contribution in [0.2, 0.25) is 5.15 Å². The number of benzene rings is 1. The molecule has 1 aromatic heterocycles. The molecule has 0 saturated heterocycles. The molecule has 20 heavy (non-hydrogen) atoms. The fourth-order valence-corrected chi connectivity index (χ4v) is 2.73. The summed E-state index contributed by atoms with van der Waals surface area (Å²) in [7, 11) is 0. The summed E-state index contributed by atoms with van der Waals surface area (Å²) in [5.41, 5.74) is 2.62. The number of hydrogen-bond acceptors (Lipinski definition) is 2. The van der Waals surface area contributed by atoms with Crippen LogP contribution in [0, 0.1) is 0 Å². The highest BCUT2D eigenvalue weighted by Crippen LogP contribution is 2.27. The molecule has 0 unspecified atom stereocenters. The van der Waals surface area contributed by atoms with Gasteiger partial charge < -0.3 is 4.90 Å². The summed E-state index contributed by atoms with van der Waals surface area (Å²) in [6.45, 7) is 0.726. The van der Waals surface area contributed by atoms with Crippen LogP contribution in [0.4, 0.5) is 5.69 Å². The largest absolute Gasteiger partial charge is 0.307 e. The number of amides is 1. The molecule has 1 amide bonds. The SMILES string of the molecule is O=C(c1cccc(Cl)n1)N1CCCCc2ccccc21. The molecule has 1 aliphatic rings. The molecular weight excluding hydrogens is 272 g/mol. The molecule has 0 N–H and O–H groups in total. The normalized spacial score (nSPS) is 14.6. The van der Waals surface area contributed by atoms with Crippen molar-refractivity contribution >= 4 is 23.2 Å². The third-order valence-corrected chi connectivity index (χ3v) is 3.75. The van der Waals surface area contributed by atoms with E-state index in [-0.39, 0.29) is 5.91 Å². The Labute approximate surface area is 123 Å². The predicted octanol–water partition coefficient (Wildman–Crippen LogP) is 3.72. The zero-order valence-corrected chi connectivity index (χ0v) is 11.8. The number of para-hydroxylation sites is 1. The number of rotatable bonds is 1. The summed E-state index contributed by atoms with van der Waals surface area (Å²) in [6.07, 6.45) is 3.12. The fraction of sp³-hybridized carbons (Fsp3) is 0.250. The van der Waals surface area contributed by atoms with Crippen LogP contribution in [0.3, 0.4) is 0 Å². The molecule has 0 aliphatic carbocycles. The minimum Gasteiger partial charge on any atom is -0.307 e. The smallest absolute Gasteiger partial charge is 0.276 e. The zero-order chi connectivity index (χ0) is 13.9. The topological polar surface area (TPSA) is 33.2 Å². The van der Waals surface area contributed by atoms with Crippen molar-refractivity contribution in [1.82, 2.24) is 4.98 Å². The number of aryl methyl sites for hydroxylation is 1. The van der Waals surface area contributed by atoms with Crippen molar-refractivity contribution in [2.24, 2.45) is 0 Å². The zero-order valence-electron chi connectivity index (χ0n) is 11.1. The van der Waals surface area contributed by atoms with Crippen LogP contribution in [-0.2, 0) is 6.42 Å². The van der Waals surface area contributed by atoms with Gasteiger partial charge in [-0.3, -0.25) is 4.79 Å². The molecule has 0 bridgehead atoms. The molecular formula is C16H15ClN2O. The Hall–Kier alpha value is -1.87. The van der Waals surface area contributed by atoms with E-state index < -0.39 is 0 Å². The number of pyridine rings is 1. The number of carbonyl (C=O) groups excluding carboxylic acids is 1. The van der Waals surface area contributed by atoms with Gasteiger partial charge in [-0.2, -0.15) is 0 Å². The van der Waals surface area contributed by atoms with Crippen molar-refractivity contribution in [1.29, 1.82) is 0 Å². The van der Waals surface area contributed by atoms with E-state index in [1.54, 1.807) is 18.2 Å². The number of aromatic nitrogens is 1. The van der Waals surface area contributed by atoms with Crippen molar-refractivity contribution in [3.8, 4) is 0 Å². The highest BCUT2D eigenvalue weighted by molar-refractivity contribution is 6.29. The van der Waals surface area contributed by atoms with Crippen LogP contribution in [-0.4, -0.2) is 17.4 Å². The second kappa shape index (κ2) is 5.63. The van der Waals surface area contributed by atoms with Gasteiger partial charge in [-0.05, 0) is 43.0 Å². The summed E-state index contributed by atoms with van der Waals surface area (Å²) in [6, 6.07) is 13.2. The number of fused-ring (bicyclic) bond motifs is 1. The van der Waals surface area contributed by atoms with Gasteiger partial charge in [-0.25, -0.2) is 4.98 Å². The lowest BCUT2D eigenvalue weighted by molar-refractivity contribution is 0.0982. The molecule has 0 spiro atoms. The van der Waals surface area contributed by atoms with Crippen molar-refractivity contribution < 1.29 is 4.79 Å². The van der Waals surface area contributed by atoms with E-state index in [1.807, 2.05) is 23.1 Å². The average molecular weight is 287 g/mol.